The number of amides is 1. The predicted molar refractivity (Wildman–Crippen MR) is 97.4 cm³/mol. The number of hydrazine groups is 1. The van der Waals surface area contributed by atoms with Gasteiger partial charge in [-0.05, 0) is 28.1 Å². The van der Waals surface area contributed by atoms with Crippen LogP contribution in [0.2, 0.25) is 0 Å². The average Bonchev–Trinajstić information content (AvgIpc) is 2.65. The fourth-order valence-electron chi connectivity index (χ4n) is 2.07. The van der Waals surface area contributed by atoms with Gasteiger partial charge in [0.15, 0.2) is 0 Å². The third-order valence-corrected chi connectivity index (χ3v) is 3.91. The van der Waals surface area contributed by atoms with Gasteiger partial charge in [-0.2, -0.15) is 10.5 Å². The quantitative estimate of drug-likeness (QED) is 0.378. The normalized spacial score (nSPS) is 9.59. The highest BCUT2D eigenvalue weighted by atomic mass is 79.9. The van der Waals surface area contributed by atoms with Crippen LogP contribution in [0.4, 0.5) is 17.3 Å². The van der Waals surface area contributed by atoms with Gasteiger partial charge >= 0.3 is 5.69 Å². The number of hydrogen-bond donors (Lipinski definition) is 2. The lowest BCUT2D eigenvalue weighted by Crippen LogP contribution is -2.31. The Morgan fingerprint density at radius 3 is 2.52 bits per heavy atom. The van der Waals surface area contributed by atoms with Crippen molar-refractivity contribution < 1.29 is 9.72 Å². The smallest absolute Gasteiger partial charge is 0.324 e. The fraction of sp³-hybridized carbons (Fsp3) is 0.133. The van der Waals surface area contributed by atoms with Gasteiger partial charge in [0, 0.05) is 4.47 Å². The Morgan fingerprint density at radius 1 is 1.26 bits per heavy atom. The van der Waals surface area contributed by atoms with Crippen molar-refractivity contribution in [2.24, 2.45) is 0 Å². The zero-order valence-electron chi connectivity index (χ0n) is 13.6. The summed E-state index contributed by atoms with van der Waals surface area (Å²) >= 11 is 3.24. The molecule has 1 aromatic carbocycles. The molecule has 2 aromatic rings. The highest BCUT2D eigenvalue weighted by molar-refractivity contribution is 9.10. The molecule has 11 nitrogen and oxygen atoms in total. The summed E-state index contributed by atoms with van der Waals surface area (Å²) in [5.74, 6) is -1.05. The monoisotopic (exact) mass is 430 g/mol. The second-order valence-corrected chi connectivity index (χ2v) is 5.74. The van der Waals surface area contributed by atoms with Gasteiger partial charge in [0.25, 0.3) is 5.91 Å². The summed E-state index contributed by atoms with van der Waals surface area (Å²) in [4.78, 5) is 31.7. The Bertz CT molecular complexity index is 937. The third-order valence-electron chi connectivity index (χ3n) is 3.22. The summed E-state index contributed by atoms with van der Waals surface area (Å²) in [6.07, 6.45) is 1.02. The van der Waals surface area contributed by atoms with E-state index >= 15 is 0 Å². The van der Waals surface area contributed by atoms with Crippen molar-refractivity contribution in [1.82, 2.24) is 15.4 Å². The van der Waals surface area contributed by atoms with Crippen LogP contribution in [0, 0.1) is 32.8 Å². The Labute approximate surface area is 161 Å². The van der Waals surface area contributed by atoms with Crippen LogP contribution in [-0.2, 0) is 0 Å². The molecular formula is C15H11BrN8O3. The number of nitriles is 2. The molecule has 1 amide bonds. The van der Waals surface area contributed by atoms with Crippen molar-refractivity contribution in [3.8, 4) is 12.1 Å². The highest BCUT2D eigenvalue weighted by Gasteiger charge is 2.27. The van der Waals surface area contributed by atoms with Crippen LogP contribution in [0.25, 0.3) is 0 Å². The predicted octanol–water partition coefficient (Wildman–Crippen LogP) is 1.76. The van der Waals surface area contributed by atoms with Gasteiger partial charge in [0.1, 0.15) is 19.4 Å². The van der Waals surface area contributed by atoms with Crippen molar-refractivity contribution in [1.29, 1.82) is 10.5 Å². The van der Waals surface area contributed by atoms with Crippen molar-refractivity contribution in [2.75, 3.05) is 23.4 Å². The van der Waals surface area contributed by atoms with E-state index in [1.165, 1.54) is 0 Å². The molecule has 27 heavy (non-hydrogen) atoms. The van der Waals surface area contributed by atoms with E-state index in [1.807, 2.05) is 12.1 Å². The molecule has 136 valence electrons. The van der Waals surface area contributed by atoms with E-state index in [9.17, 15) is 14.9 Å². The molecule has 0 atom stereocenters. The maximum atomic E-state index is 12.2. The molecule has 2 N–H and O–H groups in total. The number of benzene rings is 1. The number of aromatic nitrogens is 2. The first-order valence-corrected chi connectivity index (χ1v) is 8.08. The summed E-state index contributed by atoms with van der Waals surface area (Å²) in [6, 6.07) is 10.2. The molecule has 0 aliphatic carbocycles. The number of hydrogen-bond acceptors (Lipinski definition) is 9. The molecule has 12 heteroatoms. The molecule has 0 fully saturated rings. The van der Waals surface area contributed by atoms with Crippen LogP contribution in [0.5, 0.6) is 0 Å². The first-order valence-electron chi connectivity index (χ1n) is 7.28. The number of carbonyl (C=O) groups excluding carboxylic acids is 1. The number of nitrogens with one attached hydrogen (secondary N) is 2. The van der Waals surface area contributed by atoms with Gasteiger partial charge in [0.05, 0.1) is 22.6 Å². The SMILES string of the molecule is N#CCN(CC#N)c1ncnc(NNC(=O)c2ccccc2Br)c1[N+](=O)[O-]. The minimum absolute atomic E-state index is 0.212. The van der Waals surface area contributed by atoms with Gasteiger partial charge in [-0.25, -0.2) is 9.97 Å². The summed E-state index contributed by atoms with van der Waals surface area (Å²) in [6.45, 7) is -0.567. The molecule has 2 rings (SSSR count). The lowest BCUT2D eigenvalue weighted by Gasteiger charge is -2.17. The van der Waals surface area contributed by atoms with Crippen LogP contribution in [0.15, 0.2) is 35.1 Å². The van der Waals surface area contributed by atoms with E-state index in [-0.39, 0.29) is 24.7 Å². The molecule has 0 aliphatic heterocycles. The van der Waals surface area contributed by atoms with Crippen LogP contribution < -0.4 is 15.8 Å². The minimum atomic E-state index is -0.760. The van der Waals surface area contributed by atoms with Gasteiger partial charge in [-0.1, -0.05) is 12.1 Å². The summed E-state index contributed by atoms with van der Waals surface area (Å²) < 4.78 is 0.538. The van der Waals surface area contributed by atoms with Crippen LogP contribution in [0.1, 0.15) is 10.4 Å². The molecular weight excluding hydrogens is 420 g/mol. The van der Waals surface area contributed by atoms with Gasteiger partial charge in [0.2, 0.25) is 11.6 Å². The average molecular weight is 431 g/mol. The number of halogens is 1. The maximum Gasteiger partial charge on any atom is 0.355 e. The molecule has 0 saturated carbocycles. The van der Waals surface area contributed by atoms with Gasteiger partial charge < -0.3 is 4.90 Å². The fourth-order valence-corrected chi connectivity index (χ4v) is 2.53. The van der Waals surface area contributed by atoms with E-state index in [4.69, 9.17) is 10.5 Å². The first kappa shape index (κ1) is 19.6. The standard InChI is InChI=1S/C15H11BrN8O3/c16-11-4-2-1-3-10(11)15(25)22-21-13-12(24(26)27)14(20-9-19-13)23(7-5-17)8-6-18/h1-4,9H,7-8H2,(H,22,25)(H,19,20,21). The van der Waals surface area contributed by atoms with Crippen LogP contribution >= 0.6 is 15.9 Å². The van der Waals surface area contributed by atoms with Crippen molar-refractivity contribution >= 4 is 39.2 Å². The van der Waals surface area contributed by atoms with Crippen LogP contribution in [-0.4, -0.2) is 33.9 Å². The van der Waals surface area contributed by atoms with E-state index in [0.717, 1.165) is 11.2 Å². The van der Waals surface area contributed by atoms with E-state index < -0.39 is 16.5 Å². The summed E-state index contributed by atoms with van der Waals surface area (Å²) in [5.41, 5.74) is 4.44. The summed E-state index contributed by atoms with van der Waals surface area (Å²) in [5, 5.41) is 29.2. The largest absolute Gasteiger partial charge is 0.355 e. The molecule has 0 radical (unpaired) electrons. The molecule has 0 bridgehead atoms. The van der Waals surface area contributed by atoms with Crippen molar-refractivity contribution in [3.05, 3.63) is 50.7 Å². The van der Waals surface area contributed by atoms with Crippen molar-refractivity contribution in [3.63, 3.8) is 0 Å². The Balaban J connectivity index is 2.32. The van der Waals surface area contributed by atoms with Gasteiger partial charge in [-0.15, -0.1) is 0 Å². The van der Waals surface area contributed by atoms with E-state index in [2.05, 4.69) is 36.7 Å². The first-order chi connectivity index (χ1) is 13.0. The number of rotatable bonds is 7. The lowest BCUT2D eigenvalue weighted by atomic mass is 10.2. The molecule has 0 spiro atoms. The Kier molecular flexibility index (Phi) is 6.57. The molecule has 0 saturated heterocycles. The summed E-state index contributed by atoms with van der Waals surface area (Å²) in [7, 11) is 0. The number of nitrogens with zero attached hydrogens (tertiary/aromatic N) is 6. The zero-order valence-corrected chi connectivity index (χ0v) is 15.2. The van der Waals surface area contributed by atoms with Crippen LogP contribution in [0.3, 0.4) is 0 Å². The van der Waals surface area contributed by atoms with Crippen molar-refractivity contribution in [2.45, 2.75) is 0 Å². The number of anilines is 2. The Morgan fingerprint density at radius 2 is 1.93 bits per heavy atom. The molecule has 1 heterocycles. The van der Waals surface area contributed by atoms with Gasteiger partial charge in [-0.3, -0.25) is 25.8 Å². The highest BCUT2D eigenvalue weighted by Crippen LogP contribution is 2.31. The Hall–Kier alpha value is -3.77. The second-order valence-electron chi connectivity index (χ2n) is 4.88. The third kappa shape index (κ3) is 4.65. The topological polar surface area (TPSA) is 161 Å². The van der Waals surface area contributed by atoms with E-state index in [1.54, 1.807) is 24.3 Å². The maximum absolute atomic E-state index is 12.2. The number of nitro groups is 1. The molecule has 1 aromatic heterocycles. The molecule has 0 aliphatic rings. The minimum Gasteiger partial charge on any atom is -0.324 e. The molecule has 0 unspecified atom stereocenters. The zero-order chi connectivity index (χ0) is 19.8. The number of carbonyl (C=O) groups is 1. The van der Waals surface area contributed by atoms with E-state index in [0.29, 0.717) is 10.0 Å². The lowest BCUT2D eigenvalue weighted by molar-refractivity contribution is -0.383. The second kappa shape index (κ2) is 9.07.